The van der Waals surface area contributed by atoms with Crippen LogP contribution in [0.25, 0.3) is 0 Å². The van der Waals surface area contributed by atoms with E-state index < -0.39 is 97.5 Å². The van der Waals surface area contributed by atoms with E-state index >= 15 is 0 Å². The number of allylic oxidation sites excluding steroid dienone is 4. The molecule has 0 saturated heterocycles. The number of rotatable bonds is 79. The maximum Gasteiger partial charge on any atom is 0.472 e. The van der Waals surface area contributed by atoms with Crippen LogP contribution in [-0.2, 0) is 65.4 Å². The lowest BCUT2D eigenvalue weighted by Gasteiger charge is -2.21. The quantitative estimate of drug-likeness (QED) is 0.0169. The van der Waals surface area contributed by atoms with Gasteiger partial charge >= 0.3 is 39.5 Å². The molecule has 0 aliphatic carbocycles. The number of unbranched alkanes of at least 4 members (excludes halogenated alkanes) is 50. The largest absolute Gasteiger partial charge is 0.472 e. The van der Waals surface area contributed by atoms with E-state index in [0.29, 0.717) is 25.7 Å². The minimum atomic E-state index is -4.96. The second-order valence-corrected chi connectivity index (χ2v) is 31.0. The second kappa shape index (κ2) is 73.8. The number of ether oxygens (including phenoxy) is 4. The smallest absolute Gasteiger partial charge is 0.462 e. The van der Waals surface area contributed by atoms with Crippen molar-refractivity contribution >= 4 is 39.5 Å². The minimum Gasteiger partial charge on any atom is -0.462 e. The van der Waals surface area contributed by atoms with Gasteiger partial charge in [0.05, 0.1) is 26.4 Å². The normalized spacial score (nSPS) is 14.0. The zero-order chi connectivity index (χ0) is 72.5. The van der Waals surface area contributed by atoms with Crippen LogP contribution in [0.5, 0.6) is 0 Å². The number of carbonyl (C=O) groups is 4. The van der Waals surface area contributed by atoms with E-state index in [-0.39, 0.29) is 25.7 Å². The van der Waals surface area contributed by atoms with Gasteiger partial charge in [-0.1, -0.05) is 354 Å². The van der Waals surface area contributed by atoms with E-state index in [1.807, 2.05) is 0 Å². The summed E-state index contributed by atoms with van der Waals surface area (Å²) in [7, 11) is -9.92. The van der Waals surface area contributed by atoms with Gasteiger partial charge in [-0.15, -0.1) is 0 Å². The third-order valence-electron chi connectivity index (χ3n) is 18.2. The standard InChI is InChI=1S/C80H152O17P2/c1-5-9-13-17-21-24-27-30-33-35-37-39-42-45-48-51-55-59-63-67-80(85)97-76(71-91-78(83)65-61-57-53-49-46-43-41-38-36-34-31-28-25-22-18-14-10-6-2)73-95-99(88,89)93-69-74(81)68-92-98(86,87)94-72-75(70-90-77(82)64-60-56-52-20-16-12-8-4)96-79(84)66-62-58-54-50-47-44-40-32-29-26-23-19-15-11-7-3/h26,29,32,40,74-76,81H,5-25,27-28,30-31,33-39,41-73H2,1-4H3,(H,86,87)(H,88,89)/b29-26-,40-32-/t74-,75+,76+/m0/s1. The maximum absolute atomic E-state index is 13.1. The van der Waals surface area contributed by atoms with E-state index in [9.17, 15) is 43.2 Å². The summed E-state index contributed by atoms with van der Waals surface area (Å²) in [4.78, 5) is 72.8. The number of aliphatic hydroxyl groups excluding tert-OH is 1. The molecular formula is C80H152O17P2. The molecule has 2 unspecified atom stereocenters. The van der Waals surface area contributed by atoms with Crippen LogP contribution < -0.4 is 0 Å². The number of phosphoric ester groups is 2. The molecule has 19 heteroatoms. The predicted molar refractivity (Wildman–Crippen MR) is 405 cm³/mol. The van der Waals surface area contributed by atoms with E-state index in [1.165, 1.54) is 212 Å². The third-order valence-corrected chi connectivity index (χ3v) is 20.1. The first-order valence-electron chi connectivity index (χ1n) is 41.1. The fraction of sp³-hybridized carbons (Fsp3) is 0.900. The van der Waals surface area contributed by atoms with Crippen LogP contribution in [0.3, 0.4) is 0 Å². The van der Waals surface area contributed by atoms with Crippen molar-refractivity contribution in [2.24, 2.45) is 0 Å². The molecule has 0 fully saturated rings. The topological polar surface area (TPSA) is 237 Å². The summed E-state index contributed by atoms with van der Waals surface area (Å²) in [6.45, 7) is 4.91. The van der Waals surface area contributed by atoms with Crippen LogP contribution in [0.2, 0.25) is 0 Å². The van der Waals surface area contributed by atoms with Gasteiger partial charge < -0.3 is 33.8 Å². The summed E-state index contributed by atoms with van der Waals surface area (Å²) >= 11 is 0. The van der Waals surface area contributed by atoms with Gasteiger partial charge in [0.25, 0.3) is 0 Å². The third kappa shape index (κ3) is 73.6. The van der Waals surface area contributed by atoms with Crippen LogP contribution in [0, 0.1) is 0 Å². The molecule has 5 atom stereocenters. The molecule has 0 bridgehead atoms. The highest BCUT2D eigenvalue weighted by molar-refractivity contribution is 7.47. The molecule has 0 aliphatic heterocycles. The summed E-state index contributed by atoms with van der Waals surface area (Å²) in [5.74, 6) is -2.14. The van der Waals surface area contributed by atoms with Gasteiger partial charge in [-0.25, -0.2) is 9.13 Å². The van der Waals surface area contributed by atoms with Crippen LogP contribution >= 0.6 is 15.6 Å². The molecular weight excluding hydrogens is 1290 g/mol. The first kappa shape index (κ1) is 96.5. The molecule has 99 heavy (non-hydrogen) atoms. The van der Waals surface area contributed by atoms with Gasteiger partial charge in [0.1, 0.15) is 19.3 Å². The molecule has 0 aromatic heterocycles. The van der Waals surface area contributed by atoms with Crippen LogP contribution in [0.4, 0.5) is 0 Å². The molecule has 0 amide bonds. The highest BCUT2D eigenvalue weighted by Crippen LogP contribution is 2.45. The highest BCUT2D eigenvalue weighted by Gasteiger charge is 2.30. The Labute approximate surface area is 605 Å². The summed E-state index contributed by atoms with van der Waals surface area (Å²) in [6.07, 6.45) is 69.0. The van der Waals surface area contributed by atoms with Crippen LogP contribution in [0.15, 0.2) is 24.3 Å². The molecule has 0 saturated carbocycles. The Morgan fingerprint density at radius 3 is 0.737 bits per heavy atom. The van der Waals surface area contributed by atoms with Crippen molar-refractivity contribution in [2.75, 3.05) is 39.6 Å². The molecule has 0 aromatic rings. The van der Waals surface area contributed by atoms with Gasteiger partial charge in [0.2, 0.25) is 0 Å². The van der Waals surface area contributed by atoms with Crippen LogP contribution in [0.1, 0.15) is 407 Å². The SMILES string of the molecule is CCCCCC/C=C\C=C/CCCCCCCC(=O)O[C@H](COC(=O)CCCCCCCCC)COP(=O)(O)OC[C@H](O)COP(=O)(O)OC[C@@H](COC(=O)CCCCCCCCCCCCCCCCCCCC)OC(=O)CCCCCCCCCCCCCCCCCCCCC. The van der Waals surface area contributed by atoms with Gasteiger partial charge in [0.15, 0.2) is 12.2 Å². The summed E-state index contributed by atoms with van der Waals surface area (Å²) in [5, 5.41) is 10.6. The van der Waals surface area contributed by atoms with Crippen molar-refractivity contribution in [3.05, 3.63) is 24.3 Å². The Hall–Kier alpha value is -2.46. The Morgan fingerprint density at radius 1 is 0.283 bits per heavy atom. The molecule has 3 N–H and O–H groups in total. The summed E-state index contributed by atoms with van der Waals surface area (Å²) < 4.78 is 68.5. The van der Waals surface area contributed by atoms with Gasteiger partial charge in [-0.3, -0.25) is 37.3 Å². The fourth-order valence-electron chi connectivity index (χ4n) is 11.9. The number of aliphatic hydroxyl groups is 1. The van der Waals surface area contributed by atoms with Crippen molar-refractivity contribution in [1.29, 1.82) is 0 Å². The predicted octanol–water partition coefficient (Wildman–Crippen LogP) is 23.7. The Balaban J connectivity index is 5.21. The molecule has 0 spiro atoms. The second-order valence-electron chi connectivity index (χ2n) is 28.1. The molecule has 0 aliphatic rings. The van der Waals surface area contributed by atoms with Crippen LogP contribution in [-0.4, -0.2) is 96.7 Å². The highest BCUT2D eigenvalue weighted by atomic mass is 31.2. The van der Waals surface area contributed by atoms with Gasteiger partial charge in [-0.05, 0) is 51.4 Å². The number of esters is 4. The Morgan fingerprint density at radius 2 is 0.485 bits per heavy atom. The summed E-state index contributed by atoms with van der Waals surface area (Å²) in [5.41, 5.74) is 0. The van der Waals surface area contributed by atoms with Crippen molar-refractivity contribution < 1.29 is 80.2 Å². The lowest BCUT2D eigenvalue weighted by atomic mass is 10.0. The fourth-order valence-corrected chi connectivity index (χ4v) is 13.5. The minimum absolute atomic E-state index is 0.0852. The van der Waals surface area contributed by atoms with Crippen molar-refractivity contribution in [3.8, 4) is 0 Å². The first-order chi connectivity index (χ1) is 48.2. The average molecular weight is 1450 g/mol. The lowest BCUT2D eigenvalue weighted by Crippen LogP contribution is -2.30. The monoisotopic (exact) mass is 1450 g/mol. The molecule has 584 valence electrons. The first-order valence-corrected chi connectivity index (χ1v) is 44.1. The number of phosphoric acid groups is 2. The van der Waals surface area contributed by atoms with E-state index in [4.69, 9.17) is 37.0 Å². The van der Waals surface area contributed by atoms with Crippen molar-refractivity contribution in [1.82, 2.24) is 0 Å². The summed E-state index contributed by atoms with van der Waals surface area (Å²) in [6, 6.07) is 0. The van der Waals surface area contributed by atoms with Crippen molar-refractivity contribution in [2.45, 2.75) is 425 Å². The maximum atomic E-state index is 13.1. The van der Waals surface area contributed by atoms with Gasteiger partial charge in [-0.2, -0.15) is 0 Å². The lowest BCUT2D eigenvalue weighted by molar-refractivity contribution is -0.161. The molecule has 0 radical (unpaired) electrons. The number of carbonyl (C=O) groups excluding carboxylic acids is 4. The average Bonchev–Trinajstić information content (AvgIpc) is 0.976. The van der Waals surface area contributed by atoms with Crippen molar-refractivity contribution in [3.63, 3.8) is 0 Å². The van der Waals surface area contributed by atoms with E-state index in [1.54, 1.807) is 0 Å². The van der Waals surface area contributed by atoms with Gasteiger partial charge in [0, 0.05) is 25.7 Å². The zero-order valence-corrected chi connectivity index (χ0v) is 65.7. The Kier molecular flexibility index (Phi) is 72.0. The molecule has 0 aromatic carbocycles. The van der Waals surface area contributed by atoms with E-state index in [0.717, 1.165) is 116 Å². The number of hydrogen-bond donors (Lipinski definition) is 3. The zero-order valence-electron chi connectivity index (χ0n) is 64.0. The number of hydrogen-bond acceptors (Lipinski definition) is 15. The van der Waals surface area contributed by atoms with E-state index in [2.05, 4.69) is 52.0 Å². The Bertz CT molecular complexity index is 1970. The molecule has 17 nitrogen and oxygen atoms in total. The molecule has 0 heterocycles. The molecule has 0 rings (SSSR count).